The third kappa shape index (κ3) is 3.03. The molecule has 0 aliphatic carbocycles. The van der Waals surface area contributed by atoms with Crippen LogP contribution in [-0.4, -0.2) is 20.1 Å². The summed E-state index contributed by atoms with van der Waals surface area (Å²) in [5.41, 5.74) is 8.54. The number of rotatable bonds is 3. The van der Waals surface area contributed by atoms with E-state index in [9.17, 15) is 0 Å². The van der Waals surface area contributed by atoms with Gasteiger partial charge in [-0.2, -0.15) is 0 Å². The highest BCUT2D eigenvalue weighted by Crippen LogP contribution is 2.22. The predicted molar refractivity (Wildman–Crippen MR) is 69.0 cm³/mol. The van der Waals surface area contributed by atoms with E-state index in [4.69, 9.17) is 16.9 Å². The number of hydrogen-bond donors (Lipinski definition) is 1. The van der Waals surface area contributed by atoms with Crippen LogP contribution in [0.4, 0.5) is 0 Å². The zero-order chi connectivity index (χ0) is 12.7. The van der Waals surface area contributed by atoms with E-state index in [1.54, 1.807) is 7.05 Å². The lowest BCUT2D eigenvalue weighted by atomic mass is 9.96. The standard InChI is InChI=1S/C13H18N2O/c1-7-11(13(15-5)16-6)12(9(2)3)10(4)8-14/h1,8H,2,14H2,3-6H3/b10-8-,12-11+,15-13?. The molecule has 0 aromatic heterocycles. The maximum atomic E-state index is 5.50. The van der Waals surface area contributed by atoms with Gasteiger partial charge in [0.25, 0.3) is 0 Å². The van der Waals surface area contributed by atoms with Gasteiger partial charge in [0.1, 0.15) is 0 Å². The first kappa shape index (κ1) is 14.1. The first-order valence-corrected chi connectivity index (χ1v) is 4.80. The molecule has 0 amide bonds. The minimum atomic E-state index is 0.404. The van der Waals surface area contributed by atoms with Crippen molar-refractivity contribution in [3.63, 3.8) is 0 Å². The highest BCUT2D eigenvalue weighted by molar-refractivity contribution is 6.00. The van der Waals surface area contributed by atoms with Crippen molar-refractivity contribution >= 4 is 5.90 Å². The van der Waals surface area contributed by atoms with Gasteiger partial charge < -0.3 is 10.5 Å². The van der Waals surface area contributed by atoms with E-state index in [1.807, 2.05) is 13.8 Å². The molecule has 0 aromatic rings. The Labute approximate surface area is 97.4 Å². The van der Waals surface area contributed by atoms with Crippen molar-refractivity contribution in [1.82, 2.24) is 0 Å². The number of aliphatic imine (C=N–C) groups is 1. The molecule has 0 atom stereocenters. The minimum Gasteiger partial charge on any atom is -0.480 e. The Hall–Kier alpha value is -1.95. The fraction of sp³-hybridized carbons (Fsp3) is 0.308. The number of hydrogen-bond acceptors (Lipinski definition) is 3. The average Bonchev–Trinajstić information content (AvgIpc) is 2.27. The average molecular weight is 218 g/mol. The Morgan fingerprint density at radius 2 is 2.06 bits per heavy atom. The van der Waals surface area contributed by atoms with E-state index >= 15 is 0 Å². The van der Waals surface area contributed by atoms with E-state index in [1.165, 1.54) is 13.3 Å². The Kier molecular flexibility index (Phi) is 5.72. The summed E-state index contributed by atoms with van der Waals surface area (Å²) in [7, 11) is 3.14. The molecule has 0 aromatic carbocycles. The molecule has 0 unspecified atom stereocenters. The van der Waals surface area contributed by atoms with Crippen LogP contribution in [0.2, 0.25) is 0 Å². The maximum absolute atomic E-state index is 5.50. The molecular formula is C13H18N2O. The quantitative estimate of drug-likeness (QED) is 0.341. The van der Waals surface area contributed by atoms with E-state index in [-0.39, 0.29) is 0 Å². The van der Waals surface area contributed by atoms with Crippen molar-refractivity contribution in [2.45, 2.75) is 13.8 Å². The summed E-state index contributed by atoms with van der Waals surface area (Å²) in [5.74, 6) is 2.97. The third-order valence-electron chi connectivity index (χ3n) is 2.08. The Bertz CT molecular complexity index is 406. The topological polar surface area (TPSA) is 47.6 Å². The van der Waals surface area contributed by atoms with Crippen LogP contribution >= 0.6 is 0 Å². The molecule has 0 aliphatic heterocycles. The lowest BCUT2D eigenvalue weighted by Crippen LogP contribution is -2.09. The molecule has 0 saturated carbocycles. The molecule has 86 valence electrons. The van der Waals surface area contributed by atoms with E-state index in [2.05, 4.69) is 17.5 Å². The van der Waals surface area contributed by atoms with E-state index < -0.39 is 0 Å². The largest absolute Gasteiger partial charge is 0.480 e. The lowest BCUT2D eigenvalue weighted by Gasteiger charge is -2.12. The van der Waals surface area contributed by atoms with Gasteiger partial charge in [-0.1, -0.05) is 12.5 Å². The maximum Gasteiger partial charge on any atom is 0.224 e. The van der Waals surface area contributed by atoms with Crippen molar-refractivity contribution < 1.29 is 4.74 Å². The molecule has 16 heavy (non-hydrogen) atoms. The molecule has 0 saturated heterocycles. The van der Waals surface area contributed by atoms with E-state index in [0.29, 0.717) is 11.5 Å². The monoisotopic (exact) mass is 218 g/mol. The van der Waals surface area contributed by atoms with Crippen LogP contribution in [0.1, 0.15) is 13.8 Å². The molecule has 3 nitrogen and oxygen atoms in total. The zero-order valence-electron chi connectivity index (χ0n) is 10.3. The van der Waals surface area contributed by atoms with Crippen molar-refractivity contribution in [3.8, 4) is 12.3 Å². The second-order valence-electron chi connectivity index (χ2n) is 3.26. The van der Waals surface area contributed by atoms with Gasteiger partial charge in [0, 0.05) is 12.6 Å². The Balaban J connectivity index is 5.93. The fourth-order valence-corrected chi connectivity index (χ4v) is 1.38. The van der Waals surface area contributed by atoms with Crippen molar-refractivity contribution in [2.24, 2.45) is 10.7 Å². The summed E-state index contributed by atoms with van der Waals surface area (Å²) in [4.78, 5) is 3.98. The fourth-order valence-electron chi connectivity index (χ4n) is 1.38. The molecule has 0 rings (SSSR count). The van der Waals surface area contributed by atoms with Crippen molar-refractivity contribution in [2.75, 3.05) is 14.2 Å². The number of ether oxygens (including phenoxy) is 1. The highest BCUT2D eigenvalue weighted by atomic mass is 16.5. The van der Waals surface area contributed by atoms with Crippen molar-refractivity contribution in [1.29, 1.82) is 0 Å². The number of nitrogens with two attached hydrogens (primary N) is 1. The molecule has 0 spiro atoms. The molecule has 3 heteroatoms. The number of terminal acetylenes is 1. The van der Waals surface area contributed by atoms with Gasteiger partial charge in [-0.25, -0.2) is 0 Å². The normalized spacial score (nSPS) is 13.9. The Morgan fingerprint density at radius 1 is 1.50 bits per heavy atom. The second kappa shape index (κ2) is 6.52. The first-order chi connectivity index (χ1) is 7.53. The van der Waals surface area contributed by atoms with Crippen LogP contribution in [0.3, 0.4) is 0 Å². The van der Waals surface area contributed by atoms with Crippen LogP contribution in [0, 0.1) is 12.3 Å². The number of methoxy groups -OCH3 is 1. The van der Waals surface area contributed by atoms with Gasteiger partial charge in [0.05, 0.1) is 12.7 Å². The summed E-state index contributed by atoms with van der Waals surface area (Å²) in [6, 6.07) is 0. The second-order valence-corrected chi connectivity index (χ2v) is 3.26. The van der Waals surface area contributed by atoms with Crippen LogP contribution in [-0.2, 0) is 4.74 Å². The summed E-state index contributed by atoms with van der Waals surface area (Å²) in [6.07, 6.45) is 6.97. The van der Waals surface area contributed by atoms with Crippen molar-refractivity contribution in [3.05, 3.63) is 35.1 Å². The molecule has 0 radical (unpaired) electrons. The smallest absolute Gasteiger partial charge is 0.224 e. The van der Waals surface area contributed by atoms with Crippen LogP contribution in [0.15, 0.2) is 40.1 Å². The van der Waals surface area contributed by atoms with Gasteiger partial charge in [0.2, 0.25) is 5.90 Å². The molecule has 0 aliphatic rings. The molecule has 0 heterocycles. The summed E-state index contributed by atoms with van der Waals surface area (Å²) >= 11 is 0. The molecule has 0 bridgehead atoms. The summed E-state index contributed by atoms with van der Waals surface area (Å²) in [5, 5.41) is 0. The van der Waals surface area contributed by atoms with Gasteiger partial charge in [-0.05, 0) is 31.2 Å². The first-order valence-electron chi connectivity index (χ1n) is 4.80. The van der Waals surface area contributed by atoms with E-state index in [0.717, 1.165) is 16.7 Å². The van der Waals surface area contributed by atoms with Crippen LogP contribution in [0.5, 0.6) is 0 Å². The Morgan fingerprint density at radius 3 is 2.31 bits per heavy atom. The highest BCUT2D eigenvalue weighted by Gasteiger charge is 2.13. The summed E-state index contributed by atoms with van der Waals surface area (Å²) in [6.45, 7) is 7.61. The minimum absolute atomic E-state index is 0.404. The SMILES string of the molecule is C#C/C(C(=NC)OC)=C(C(=C)C)\C(C)=C/N. The molecule has 0 fully saturated rings. The van der Waals surface area contributed by atoms with Crippen LogP contribution in [0.25, 0.3) is 0 Å². The lowest BCUT2D eigenvalue weighted by molar-refractivity contribution is 0.404. The van der Waals surface area contributed by atoms with Gasteiger partial charge >= 0.3 is 0 Å². The van der Waals surface area contributed by atoms with Gasteiger partial charge in [0.15, 0.2) is 0 Å². The van der Waals surface area contributed by atoms with Gasteiger partial charge in [-0.15, -0.1) is 6.42 Å². The van der Waals surface area contributed by atoms with Crippen LogP contribution < -0.4 is 5.73 Å². The number of allylic oxidation sites excluding steroid dienone is 3. The predicted octanol–water partition coefficient (Wildman–Crippen LogP) is 2.03. The van der Waals surface area contributed by atoms with Gasteiger partial charge in [-0.3, -0.25) is 4.99 Å². The third-order valence-corrected chi connectivity index (χ3v) is 2.08. The molecule has 2 N–H and O–H groups in total. The summed E-state index contributed by atoms with van der Waals surface area (Å²) < 4.78 is 5.12. The molecular weight excluding hydrogens is 200 g/mol. The number of nitrogens with zero attached hydrogens (tertiary/aromatic N) is 1. The zero-order valence-corrected chi connectivity index (χ0v) is 10.3.